The molecule has 1 aliphatic carbocycles. The Morgan fingerprint density at radius 1 is 1.37 bits per heavy atom. The molecule has 1 aliphatic rings. The minimum atomic E-state index is -0.628. The van der Waals surface area contributed by atoms with E-state index in [0.29, 0.717) is 12.3 Å². The topological polar surface area (TPSA) is 49.3 Å². The van der Waals surface area contributed by atoms with Crippen molar-refractivity contribution in [1.82, 2.24) is 5.32 Å². The molecule has 0 spiro atoms. The van der Waals surface area contributed by atoms with Crippen LogP contribution in [0.2, 0.25) is 0 Å². The summed E-state index contributed by atoms with van der Waals surface area (Å²) in [5.41, 5.74) is 1.86. The number of aliphatic hydroxyl groups is 1. The Labute approximate surface area is 118 Å². The minimum absolute atomic E-state index is 0.0115. The zero-order valence-electron chi connectivity index (χ0n) is 11.3. The Hall–Kier alpha value is -1.00. The van der Waals surface area contributed by atoms with Gasteiger partial charge in [-0.1, -0.05) is 29.8 Å². The van der Waals surface area contributed by atoms with Crippen LogP contribution in [0.3, 0.4) is 0 Å². The molecule has 0 atom stereocenters. The fourth-order valence-corrected chi connectivity index (χ4v) is 2.84. The molecule has 0 saturated heterocycles. The summed E-state index contributed by atoms with van der Waals surface area (Å²) in [5.74, 6) is 1.31. The highest BCUT2D eigenvalue weighted by atomic mass is 32.2. The SMILES string of the molecule is Cc1ccc(CSCC(=O)NCC2(O)CCC2)cc1. The number of benzene rings is 1. The summed E-state index contributed by atoms with van der Waals surface area (Å²) in [6.45, 7) is 2.46. The first-order chi connectivity index (χ1) is 9.07. The Morgan fingerprint density at radius 2 is 2.05 bits per heavy atom. The number of aryl methyl sites for hydroxylation is 1. The van der Waals surface area contributed by atoms with E-state index in [2.05, 4.69) is 36.5 Å². The second-order valence-electron chi connectivity index (χ2n) is 5.33. The van der Waals surface area contributed by atoms with Crippen molar-refractivity contribution in [3.63, 3.8) is 0 Å². The molecular formula is C15H21NO2S. The van der Waals surface area contributed by atoms with Crippen LogP contribution < -0.4 is 5.32 Å². The first-order valence-electron chi connectivity index (χ1n) is 6.70. The van der Waals surface area contributed by atoms with Crippen LogP contribution in [-0.4, -0.2) is 28.9 Å². The van der Waals surface area contributed by atoms with Crippen molar-refractivity contribution < 1.29 is 9.90 Å². The van der Waals surface area contributed by atoms with Gasteiger partial charge in [0.25, 0.3) is 0 Å². The first kappa shape index (κ1) is 14.4. The molecule has 0 heterocycles. The van der Waals surface area contributed by atoms with Gasteiger partial charge in [0, 0.05) is 12.3 Å². The molecule has 104 valence electrons. The van der Waals surface area contributed by atoms with Crippen LogP contribution in [0.15, 0.2) is 24.3 Å². The average Bonchev–Trinajstić information content (AvgIpc) is 2.36. The maximum atomic E-state index is 11.6. The highest BCUT2D eigenvalue weighted by Gasteiger charge is 2.34. The molecule has 1 fully saturated rings. The summed E-state index contributed by atoms with van der Waals surface area (Å²) >= 11 is 1.60. The van der Waals surface area contributed by atoms with E-state index in [1.807, 2.05) is 0 Å². The van der Waals surface area contributed by atoms with E-state index in [4.69, 9.17) is 0 Å². The van der Waals surface area contributed by atoms with E-state index in [1.54, 1.807) is 11.8 Å². The van der Waals surface area contributed by atoms with Crippen LogP contribution in [0, 0.1) is 6.92 Å². The Balaban J connectivity index is 1.62. The van der Waals surface area contributed by atoms with Gasteiger partial charge in [-0.05, 0) is 31.7 Å². The lowest BCUT2D eigenvalue weighted by Gasteiger charge is -2.36. The van der Waals surface area contributed by atoms with Crippen molar-refractivity contribution in [2.75, 3.05) is 12.3 Å². The van der Waals surface area contributed by atoms with Gasteiger partial charge in [-0.25, -0.2) is 0 Å². The molecule has 1 saturated carbocycles. The van der Waals surface area contributed by atoms with Crippen molar-refractivity contribution in [3.05, 3.63) is 35.4 Å². The summed E-state index contributed by atoms with van der Waals surface area (Å²) in [6.07, 6.45) is 2.68. The molecule has 2 N–H and O–H groups in total. The predicted octanol–water partition coefficient (Wildman–Crippen LogP) is 2.26. The van der Waals surface area contributed by atoms with Crippen LogP contribution in [-0.2, 0) is 10.5 Å². The van der Waals surface area contributed by atoms with E-state index in [0.717, 1.165) is 25.0 Å². The quantitative estimate of drug-likeness (QED) is 0.840. The fourth-order valence-electron chi connectivity index (χ4n) is 2.02. The van der Waals surface area contributed by atoms with Crippen LogP contribution in [0.4, 0.5) is 0 Å². The molecule has 2 rings (SSSR count). The molecule has 1 aromatic rings. The normalized spacial score (nSPS) is 16.7. The predicted molar refractivity (Wildman–Crippen MR) is 79.2 cm³/mol. The molecule has 4 heteroatoms. The molecular weight excluding hydrogens is 258 g/mol. The average molecular weight is 279 g/mol. The second-order valence-corrected chi connectivity index (χ2v) is 6.32. The number of carbonyl (C=O) groups excluding carboxylic acids is 1. The summed E-state index contributed by atoms with van der Waals surface area (Å²) in [5, 5.41) is 12.7. The van der Waals surface area contributed by atoms with E-state index in [9.17, 15) is 9.90 Å². The molecule has 0 aromatic heterocycles. The van der Waals surface area contributed by atoms with Crippen LogP contribution in [0.5, 0.6) is 0 Å². The lowest BCUT2D eigenvalue weighted by molar-refractivity contribution is -0.121. The van der Waals surface area contributed by atoms with Crippen molar-refractivity contribution >= 4 is 17.7 Å². The molecule has 0 bridgehead atoms. The Bertz CT molecular complexity index is 426. The van der Waals surface area contributed by atoms with Gasteiger partial charge >= 0.3 is 0 Å². The molecule has 3 nitrogen and oxygen atoms in total. The lowest BCUT2D eigenvalue weighted by atomic mass is 9.80. The summed E-state index contributed by atoms with van der Waals surface area (Å²) in [4.78, 5) is 11.6. The number of rotatable bonds is 6. The van der Waals surface area contributed by atoms with Gasteiger partial charge in [-0.3, -0.25) is 4.79 Å². The second kappa shape index (κ2) is 6.44. The van der Waals surface area contributed by atoms with E-state index >= 15 is 0 Å². The van der Waals surface area contributed by atoms with Crippen LogP contribution >= 0.6 is 11.8 Å². The molecule has 19 heavy (non-hydrogen) atoms. The molecule has 1 aromatic carbocycles. The Morgan fingerprint density at radius 3 is 2.63 bits per heavy atom. The number of thioether (sulfide) groups is 1. The van der Waals surface area contributed by atoms with Gasteiger partial charge in [-0.2, -0.15) is 0 Å². The largest absolute Gasteiger partial charge is 0.388 e. The van der Waals surface area contributed by atoms with Gasteiger partial charge in [0.15, 0.2) is 0 Å². The van der Waals surface area contributed by atoms with Gasteiger partial charge in [-0.15, -0.1) is 11.8 Å². The monoisotopic (exact) mass is 279 g/mol. The summed E-state index contributed by atoms with van der Waals surface area (Å²) < 4.78 is 0. The van der Waals surface area contributed by atoms with Gasteiger partial charge in [0.1, 0.15) is 0 Å². The van der Waals surface area contributed by atoms with E-state index < -0.39 is 5.60 Å². The van der Waals surface area contributed by atoms with Crippen molar-refractivity contribution in [2.45, 2.75) is 37.5 Å². The maximum Gasteiger partial charge on any atom is 0.230 e. The number of nitrogens with one attached hydrogen (secondary N) is 1. The standard InChI is InChI=1S/C15H21NO2S/c1-12-3-5-13(6-4-12)9-19-10-14(17)16-11-15(18)7-2-8-15/h3-6,18H,2,7-11H2,1H3,(H,16,17). The van der Waals surface area contributed by atoms with Gasteiger partial charge in [0.05, 0.1) is 11.4 Å². The van der Waals surface area contributed by atoms with Crippen molar-refractivity contribution in [1.29, 1.82) is 0 Å². The molecule has 0 radical (unpaired) electrons. The maximum absolute atomic E-state index is 11.6. The minimum Gasteiger partial charge on any atom is -0.388 e. The summed E-state index contributed by atoms with van der Waals surface area (Å²) in [7, 11) is 0. The zero-order chi connectivity index (χ0) is 13.7. The smallest absolute Gasteiger partial charge is 0.230 e. The number of hydrogen-bond donors (Lipinski definition) is 2. The molecule has 0 unspecified atom stereocenters. The number of hydrogen-bond acceptors (Lipinski definition) is 3. The van der Waals surface area contributed by atoms with Crippen molar-refractivity contribution in [3.8, 4) is 0 Å². The third kappa shape index (κ3) is 4.55. The Kier molecular flexibility index (Phi) is 4.88. The highest BCUT2D eigenvalue weighted by Crippen LogP contribution is 2.30. The molecule has 1 amide bonds. The third-order valence-electron chi connectivity index (χ3n) is 3.52. The lowest BCUT2D eigenvalue weighted by Crippen LogP contribution is -2.48. The van der Waals surface area contributed by atoms with Crippen LogP contribution in [0.1, 0.15) is 30.4 Å². The third-order valence-corrected chi connectivity index (χ3v) is 4.53. The van der Waals surface area contributed by atoms with Gasteiger partial charge < -0.3 is 10.4 Å². The van der Waals surface area contributed by atoms with Crippen LogP contribution in [0.25, 0.3) is 0 Å². The first-order valence-corrected chi connectivity index (χ1v) is 7.85. The highest BCUT2D eigenvalue weighted by molar-refractivity contribution is 7.99. The molecule has 0 aliphatic heterocycles. The van der Waals surface area contributed by atoms with Gasteiger partial charge in [0.2, 0.25) is 5.91 Å². The van der Waals surface area contributed by atoms with E-state index in [-0.39, 0.29) is 5.91 Å². The van der Waals surface area contributed by atoms with E-state index in [1.165, 1.54) is 11.1 Å². The number of amides is 1. The fraction of sp³-hybridized carbons (Fsp3) is 0.533. The van der Waals surface area contributed by atoms with Crippen molar-refractivity contribution in [2.24, 2.45) is 0 Å². The summed E-state index contributed by atoms with van der Waals surface area (Å²) in [6, 6.07) is 8.36. The number of carbonyl (C=O) groups is 1. The zero-order valence-corrected chi connectivity index (χ0v) is 12.1.